The highest BCUT2D eigenvalue weighted by Gasteiger charge is 2.38. The van der Waals surface area contributed by atoms with Crippen molar-refractivity contribution >= 4 is 5.91 Å². The highest BCUT2D eigenvalue weighted by atomic mass is 16.5. The van der Waals surface area contributed by atoms with Gasteiger partial charge < -0.3 is 19.7 Å². The zero-order chi connectivity index (χ0) is 14.8. The van der Waals surface area contributed by atoms with Crippen LogP contribution in [0.25, 0.3) is 0 Å². The third-order valence-electron chi connectivity index (χ3n) is 4.41. The second-order valence-electron chi connectivity index (χ2n) is 5.92. The van der Waals surface area contributed by atoms with Gasteiger partial charge in [-0.3, -0.25) is 4.79 Å². The highest BCUT2D eigenvalue weighted by molar-refractivity contribution is 5.78. The Kier molecular flexibility index (Phi) is 4.01. The number of nitrogens with one attached hydrogen (secondary N) is 1. The van der Waals surface area contributed by atoms with Crippen LogP contribution in [0.3, 0.4) is 0 Å². The van der Waals surface area contributed by atoms with E-state index in [4.69, 9.17) is 9.47 Å². The lowest BCUT2D eigenvalue weighted by atomic mass is 10.0. The number of benzene rings is 1. The van der Waals surface area contributed by atoms with Crippen LogP contribution in [-0.2, 0) is 4.79 Å². The minimum atomic E-state index is 0.0621. The number of hydrogen-bond donors (Lipinski definition) is 1. The molecule has 2 aliphatic heterocycles. The summed E-state index contributed by atoms with van der Waals surface area (Å²) in [4.78, 5) is 14.2. The number of aryl methyl sites for hydroxylation is 1. The number of methoxy groups -OCH3 is 1. The second-order valence-corrected chi connectivity index (χ2v) is 5.92. The van der Waals surface area contributed by atoms with E-state index in [0.29, 0.717) is 23.3 Å². The van der Waals surface area contributed by atoms with Crippen molar-refractivity contribution in [3.63, 3.8) is 0 Å². The largest absolute Gasteiger partial charge is 0.493 e. The first kappa shape index (κ1) is 14.2. The van der Waals surface area contributed by atoms with Crippen molar-refractivity contribution in [2.75, 3.05) is 39.9 Å². The molecule has 0 saturated carbocycles. The van der Waals surface area contributed by atoms with Crippen molar-refractivity contribution < 1.29 is 14.3 Å². The molecule has 5 nitrogen and oxygen atoms in total. The molecule has 114 valence electrons. The van der Waals surface area contributed by atoms with Crippen LogP contribution in [0.1, 0.15) is 5.56 Å². The molecule has 2 aliphatic rings. The summed E-state index contributed by atoms with van der Waals surface area (Å²) in [5.74, 6) is 2.58. The molecule has 0 aromatic heterocycles. The molecular weight excluding hydrogens is 268 g/mol. The predicted octanol–water partition coefficient (Wildman–Crippen LogP) is 1.06. The van der Waals surface area contributed by atoms with Crippen molar-refractivity contribution in [1.82, 2.24) is 10.2 Å². The first-order chi connectivity index (χ1) is 10.2. The molecule has 0 bridgehead atoms. The molecule has 0 unspecified atom stereocenters. The third-order valence-corrected chi connectivity index (χ3v) is 4.41. The summed E-state index contributed by atoms with van der Waals surface area (Å²) in [5.41, 5.74) is 1.10. The van der Waals surface area contributed by atoms with Gasteiger partial charge in [-0.1, -0.05) is 6.07 Å². The van der Waals surface area contributed by atoms with E-state index in [-0.39, 0.29) is 12.5 Å². The third kappa shape index (κ3) is 2.97. The predicted molar refractivity (Wildman–Crippen MR) is 79.7 cm³/mol. The maximum absolute atomic E-state index is 12.3. The van der Waals surface area contributed by atoms with E-state index in [1.807, 2.05) is 30.0 Å². The molecule has 0 radical (unpaired) electrons. The molecule has 1 N–H and O–H groups in total. The molecule has 2 heterocycles. The standard InChI is InChI=1S/C16H22N2O3/c1-11-3-4-14(15(5-11)20-2)21-10-16(19)18-8-12-6-17-7-13(12)9-18/h3-5,12-13,17H,6-10H2,1-2H3/t12-,13+. The van der Waals surface area contributed by atoms with Crippen LogP contribution in [-0.4, -0.2) is 50.7 Å². The van der Waals surface area contributed by atoms with Crippen LogP contribution in [0.4, 0.5) is 0 Å². The lowest BCUT2D eigenvalue weighted by Crippen LogP contribution is -2.35. The topological polar surface area (TPSA) is 50.8 Å². The SMILES string of the molecule is COc1cc(C)ccc1OCC(=O)N1C[C@H]2CNC[C@H]2C1. The monoisotopic (exact) mass is 290 g/mol. The van der Waals surface area contributed by atoms with Crippen LogP contribution >= 0.6 is 0 Å². The summed E-state index contributed by atoms with van der Waals surface area (Å²) in [6.45, 7) is 5.83. The number of likely N-dealkylation sites (tertiary alicyclic amines) is 1. The van der Waals surface area contributed by atoms with E-state index >= 15 is 0 Å². The quantitative estimate of drug-likeness (QED) is 0.901. The zero-order valence-corrected chi connectivity index (χ0v) is 12.6. The Morgan fingerprint density at radius 2 is 2.00 bits per heavy atom. The maximum atomic E-state index is 12.3. The van der Waals surface area contributed by atoms with Gasteiger partial charge in [0.25, 0.3) is 5.91 Å². The van der Waals surface area contributed by atoms with Crippen LogP contribution in [0.5, 0.6) is 11.5 Å². The van der Waals surface area contributed by atoms with E-state index in [1.54, 1.807) is 7.11 Å². The Labute approximate surface area is 125 Å². The van der Waals surface area contributed by atoms with Crippen LogP contribution < -0.4 is 14.8 Å². The van der Waals surface area contributed by atoms with Gasteiger partial charge in [0, 0.05) is 26.2 Å². The fraction of sp³-hybridized carbons (Fsp3) is 0.562. The molecule has 2 atom stereocenters. The maximum Gasteiger partial charge on any atom is 0.260 e. The van der Waals surface area contributed by atoms with Gasteiger partial charge in [0.2, 0.25) is 0 Å². The molecule has 21 heavy (non-hydrogen) atoms. The van der Waals surface area contributed by atoms with Crippen LogP contribution in [0.2, 0.25) is 0 Å². The minimum absolute atomic E-state index is 0.0621. The van der Waals surface area contributed by atoms with Crippen LogP contribution in [0.15, 0.2) is 18.2 Å². The average Bonchev–Trinajstić information content (AvgIpc) is 3.06. The van der Waals surface area contributed by atoms with Crippen LogP contribution in [0, 0.1) is 18.8 Å². The minimum Gasteiger partial charge on any atom is -0.493 e. The number of fused-ring (bicyclic) bond motifs is 1. The lowest BCUT2D eigenvalue weighted by molar-refractivity contribution is -0.132. The molecule has 1 aromatic carbocycles. The van der Waals surface area contributed by atoms with E-state index < -0.39 is 0 Å². The number of amides is 1. The molecular formula is C16H22N2O3. The Morgan fingerprint density at radius 1 is 1.29 bits per heavy atom. The van der Waals surface area contributed by atoms with Gasteiger partial charge in [0.15, 0.2) is 18.1 Å². The first-order valence-electron chi connectivity index (χ1n) is 7.43. The molecule has 3 rings (SSSR count). The second kappa shape index (κ2) is 5.93. The highest BCUT2D eigenvalue weighted by Crippen LogP contribution is 2.29. The summed E-state index contributed by atoms with van der Waals surface area (Å²) in [6, 6.07) is 5.71. The number of hydrogen-bond acceptors (Lipinski definition) is 4. The van der Waals surface area contributed by atoms with Crippen molar-refractivity contribution in [2.45, 2.75) is 6.92 Å². The normalized spacial score (nSPS) is 24.0. The summed E-state index contributed by atoms with van der Waals surface area (Å²) < 4.78 is 10.9. The number of carbonyl (C=O) groups excluding carboxylic acids is 1. The van der Waals surface area contributed by atoms with Gasteiger partial charge in [-0.15, -0.1) is 0 Å². The number of rotatable bonds is 4. The molecule has 0 aliphatic carbocycles. The molecule has 5 heteroatoms. The Morgan fingerprint density at radius 3 is 2.67 bits per heavy atom. The van der Waals surface area contributed by atoms with Crippen molar-refractivity contribution in [3.05, 3.63) is 23.8 Å². The Bertz CT molecular complexity index is 520. The molecule has 1 aromatic rings. The van der Waals surface area contributed by atoms with Gasteiger partial charge >= 0.3 is 0 Å². The van der Waals surface area contributed by atoms with E-state index in [9.17, 15) is 4.79 Å². The molecule has 2 saturated heterocycles. The van der Waals surface area contributed by atoms with Gasteiger partial charge in [-0.05, 0) is 36.5 Å². The fourth-order valence-electron chi connectivity index (χ4n) is 3.18. The van der Waals surface area contributed by atoms with Crippen molar-refractivity contribution in [2.24, 2.45) is 11.8 Å². The number of ether oxygens (including phenoxy) is 2. The fourth-order valence-corrected chi connectivity index (χ4v) is 3.18. The van der Waals surface area contributed by atoms with Crippen molar-refractivity contribution in [3.8, 4) is 11.5 Å². The summed E-state index contributed by atoms with van der Waals surface area (Å²) in [5, 5.41) is 3.38. The van der Waals surface area contributed by atoms with Crippen molar-refractivity contribution in [1.29, 1.82) is 0 Å². The molecule has 2 fully saturated rings. The zero-order valence-electron chi connectivity index (χ0n) is 12.6. The Balaban J connectivity index is 1.57. The van der Waals surface area contributed by atoms with Gasteiger partial charge in [0.05, 0.1) is 7.11 Å². The molecule has 1 amide bonds. The first-order valence-corrected chi connectivity index (χ1v) is 7.43. The molecule has 0 spiro atoms. The number of nitrogens with zero attached hydrogens (tertiary/aromatic N) is 1. The summed E-state index contributed by atoms with van der Waals surface area (Å²) in [6.07, 6.45) is 0. The average molecular weight is 290 g/mol. The van der Waals surface area contributed by atoms with E-state index in [0.717, 1.165) is 31.7 Å². The number of carbonyl (C=O) groups is 1. The summed E-state index contributed by atoms with van der Waals surface area (Å²) in [7, 11) is 1.61. The smallest absolute Gasteiger partial charge is 0.260 e. The van der Waals surface area contributed by atoms with Gasteiger partial charge in [-0.2, -0.15) is 0 Å². The lowest BCUT2D eigenvalue weighted by Gasteiger charge is -2.18. The van der Waals surface area contributed by atoms with Gasteiger partial charge in [0.1, 0.15) is 0 Å². The van der Waals surface area contributed by atoms with E-state index in [1.165, 1.54) is 0 Å². The summed E-state index contributed by atoms with van der Waals surface area (Å²) >= 11 is 0. The van der Waals surface area contributed by atoms with Gasteiger partial charge in [-0.25, -0.2) is 0 Å². The van der Waals surface area contributed by atoms with E-state index in [2.05, 4.69) is 5.32 Å². The Hall–Kier alpha value is -1.75.